The Balaban J connectivity index is 2.36. The van der Waals surface area contributed by atoms with Crippen molar-refractivity contribution in [1.29, 1.82) is 0 Å². The van der Waals surface area contributed by atoms with Crippen LogP contribution in [0, 0.1) is 5.82 Å². The van der Waals surface area contributed by atoms with Gasteiger partial charge in [-0.1, -0.05) is 23.2 Å². The van der Waals surface area contributed by atoms with E-state index in [0.29, 0.717) is 5.02 Å². The number of hydrogen-bond acceptors (Lipinski definition) is 3. The molecule has 0 aromatic heterocycles. The lowest BCUT2D eigenvalue weighted by Gasteiger charge is -2.10. The average molecular weight is 350 g/mol. The number of benzene rings is 2. The second kappa shape index (κ2) is 6.09. The summed E-state index contributed by atoms with van der Waals surface area (Å²) in [6, 6.07) is 7.63. The van der Waals surface area contributed by atoms with Gasteiger partial charge in [-0.25, -0.2) is 12.8 Å². The van der Waals surface area contributed by atoms with E-state index in [2.05, 4.69) is 4.72 Å². The first-order chi connectivity index (χ1) is 9.83. The molecule has 0 unspecified atom stereocenters. The van der Waals surface area contributed by atoms with Crippen molar-refractivity contribution in [2.75, 3.05) is 11.8 Å². The number of sulfonamides is 1. The van der Waals surface area contributed by atoms with Gasteiger partial charge in [0.1, 0.15) is 0 Å². The Labute approximate surface area is 131 Å². The molecule has 2 aromatic carbocycles. The highest BCUT2D eigenvalue weighted by Gasteiger charge is 2.18. The van der Waals surface area contributed by atoms with Crippen LogP contribution in [0.25, 0.3) is 0 Å². The van der Waals surface area contributed by atoms with Crippen LogP contribution in [0.1, 0.15) is 0 Å². The van der Waals surface area contributed by atoms with Gasteiger partial charge in [0.25, 0.3) is 10.0 Å². The third kappa shape index (κ3) is 3.58. The molecule has 0 atom stereocenters. The van der Waals surface area contributed by atoms with Crippen LogP contribution in [0.15, 0.2) is 41.3 Å². The summed E-state index contributed by atoms with van der Waals surface area (Å²) >= 11 is 11.6. The molecule has 0 amide bonds. The zero-order valence-electron chi connectivity index (χ0n) is 10.7. The number of nitrogens with one attached hydrogen (secondary N) is 1. The van der Waals surface area contributed by atoms with Crippen LogP contribution in [0.5, 0.6) is 5.75 Å². The maximum absolute atomic E-state index is 13.6. The second-order valence-electron chi connectivity index (χ2n) is 4.03. The molecular weight excluding hydrogens is 340 g/mol. The fourth-order valence-electron chi connectivity index (χ4n) is 1.59. The molecule has 4 nitrogen and oxygen atoms in total. The quantitative estimate of drug-likeness (QED) is 0.909. The molecule has 21 heavy (non-hydrogen) atoms. The first kappa shape index (κ1) is 15.9. The van der Waals surface area contributed by atoms with Crippen molar-refractivity contribution in [3.63, 3.8) is 0 Å². The Bertz CT molecular complexity index is 781. The van der Waals surface area contributed by atoms with Crippen LogP contribution in [-0.2, 0) is 10.0 Å². The van der Waals surface area contributed by atoms with Gasteiger partial charge >= 0.3 is 0 Å². The van der Waals surface area contributed by atoms with Gasteiger partial charge in [-0.3, -0.25) is 4.72 Å². The lowest BCUT2D eigenvalue weighted by Crippen LogP contribution is -2.13. The van der Waals surface area contributed by atoms with E-state index in [1.54, 1.807) is 0 Å². The summed E-state index contributed by atoms with van der Waals surface area (Å²) < 4.78 is 45.0. The number of rotatable bonds is 4. The molecule has 0 fully saturated rings. The van der Waals surface area contributed by atoms with E-state index in [1.165, 1.54) is 37.4 Å². The minimum atomic E-state index is -3.97. The van der Waals surface area contributed by atoms with E-state index in [0.717, 1.165) is 6.07 Å². The molecule has 0 bridgehead atoms. The Morgan fingerprint density at radius 1 is 1.14 bits per heavy atom. The van der Waals surface area contributed by atoms with E-state index >= 15 is 0 Å². The molecule has 112 valence electrons. The predicted molar refractivity (Wildman–Crippen MR) is 80.2 cm³/mol. The van der Waals surface area contributed by atoms with Crippen LogP contribution in [-0.4, -0.2) is 15.5 Å². The third-order valence-electron chi connectivity index (χ3n) is 2.61. The highest BCUT2D eigenvalue weighted by atomic mass is 35.5. The molecule has 0 aliphatic heterocycles. The summed E-state index contributed by atoms with van der Waals surface area (Å²) in [6.07, 6.45) is 0. The van der Waals surface area contributed by atoms with E-state index in [1.807, 2.05) is 0 Å². The van der Waals surface area contributed by atoms with Crippen LogP contribution in [0.3, 0.4) is 0 Å². The summed E-state index contributed by atoms with van der Waals surface area (Å²) in [4.78, 5) is -0.244. The fraction of sp³-hybridized carbons (Fsp3) is 0.0769. The molecule has 1 N–H and O–H groups in total. The van der Waals surface area contributed by atoms with Crippen molar-refractivity contribution < 1.29 is 17.5 Å². The molecule has 2 aromatic rings. The maximum atomic E-state index is 13.6. The standard InChI is InChI=1S/C13H10Cl2FNO3S/c1-20-13-5-3-9(7-11(13)16)21(18,19)17-12-4-2-8(14)6-10(12)15/h2-7,17H,1H3. The van der Waals surface area contributed by atoms with Crippen LogP contribution in [0.4, 0.5) is 10.1 Å². The maximum Gasteiger partial charge on any atom is 0.262 e. The van der Waals surface area contributed by atoms with E-state index < -0.39 is 15.8 Å². The average Bonchev–Trinajstić information content (AvgIpc) is 2.42. The van der Waals surface area contributed by atoms with E-state index in [-0.39, 0.29) is 21.4 Å². The fourth-order valence-corrected chi connectivity index (χ4v) is 3.19. The first-order valence-corrected chi connectivity index (χ1v) is 7.89. The largest absolute Gasteiger partial charge is 0.494 e. The van der Waals surface area contributed by atoms with E-state index in [4.69, 9.17) is 27.9 Å². The number of halogens is 3. The molecule has 0 aliphatic rings. The van der Waals surface area contributed by atoms with Gasteiger partial charge in [0.05, 0.1) is 22.7 Å². The minimum absolute atomic E-state index is 0.0431. The molecule has 0 heterocycles. The molecule has 0 spiro atoms. The van der Waals surface area contributed by atoms with Gasteiger partial charge in [0.15, 0.2) is 11.6 Å². The van der Waals surface area contributed by atoms with E-state index in [9.17, 15) is 12.8 Å². The lowest BCUT2D eigenvalue weighted by atomic mass is 10.3. The Morgan fingerprint density at radius 3 is 2.43 bits per heavy atom. The zero-order valence-corrected chi connectivity index (χ0v) is 13.1. The smallest absolute Gasteiger partial charge is 0.262 e. The van der Waals surface area contributed by atoms with Gasteiger partial charge in [-0.05, 0) is 36.4 Å². The zero-order chi connectivity index (χ0) is 15.6. The number of anilines is 1. The van der Waals surface area contributed by atoms with Crippen molar-refractivity contribution in [1.82, 2.24) is 0 Å². The Hall–Kier alpha value is -1.50. The van der Waals surface area contributed by atoms with Crippen LogP contribution in [0.2, 0.25) is 10.0 Å². The minimum Gasteiger partial charge on any atom is -0.494 e. The molecule has 8 heteroatoms. The van der Waals surface area contributed by atoms with Crippen LogP contribution < -0.4 is 9.46 Å². The summed E-state index contributed by atoms with van der Waals surface area (Å²) in [5.74, 6) is -0.818. The van der Waals surface area contributed by atoms with Gasteiger partial charge in [0.2, 0.25) is 0 Å². The van der Waals surface area contributed by atoms with Crippen molar-refractivity contribution in [2.24, 2.45) is 0 Å². The summed E-state index contributed by atoms with van der Waals surface area (Å²) in [5, 5.41) is 0.512. The van der Waals surface area contributed by atoms with Crippen molar-refractivity contribution in [2.45, 2.75) is 4.90 Å². The topological polar surface area (TPSA) is 55.4 Å². The lowest BCUT2D eigenvalue weighted by molar-refractivity contribution is 0.385. The summed E-state index contributed by atoms with van der Waals surface area (Å²) in [6.45, 7) is 0. The highest BCUT2D eigenvalue weighted by Crippen LogP contribution is 2.28. The highest BCUT2D eigenvalue weighted by molar-refractivity contribution is 7.92. The van der Waals surface area contributed by atoms with Crippen molar-refractivity contribution in [3.05, 3.63) is 52.3 Å². The van der Waals surface area contributed by atoms with Crippen molar-refractivity contribution in [3.8, 4) is 5.75 Å². The molecular formula is C13H10Cl2FNO3S. The van der Waals surface area contributed by atoms with Crippen molar-refractivity contribution >= 4 is 38.9 Å². The summed E-state index contributed by atoms with van der Waals surface area (Å²) in [5.41, 5.74) is 0.150. The molecule has 0 saturated heterocycles. The number of hydrogen-bond donors (Lipinski definition) is 1. The SMILES string of the molecule is COc1ccc(S(=O)(=O)Nc2ccc(Cl)cc2Cl)cc1F. The molecule has 0 aliphatic carbocycles. The number of ether oxygens (including phenoxy) is 1. The second-order valence-corrected chi connectivity index (χ2v) is 6.55. The first-order valence-electron chi connectivity index (χ1n) is 5.65. The third-order valence-corrected chi connectivity index (χ3v) is 4.52. The van der Waals surface area contributed by atoms with Crippen LogP contribution >= 0.6 is 23.2 Å². The van der Waals surface area contributed by atoms with Gasteiger partial charge in [-0.2, -0.15) is 0 Å². The monoisotopic (exact) mass is 349 g/mol. The predicted octanol–water partition coefficient (Wildman–Crippen LogP) is 3.94. The Kier molecular flexibility index (Phi) is 4.61. The molecule has 0 saturated carbocycles. The number of methoxy groups -OCH3 is 1. The van der Waals surface area contributed by atoms with Gasteiger partial charge < -0.3 is 4.74 Å². The normalized spacial score (nSPS) is 11.2. The molecule has 2 rings (SSSR count). The van der Waals surface area contributed by atoms with Gasteiger partial charge in [-0.15, -0.1) is 0 Å². The van der Waals surface area contributed by atoms with Gasteiger partial charge in [0, 0.05) is 5.02 Å². The molecule has 0 radical (unpaired) electrons. The Morgan fingerprint density at radius 2 is 1.86 bits per heavy atom. The summed E-state index contributed by atoms with van der Waals surface area (Å²) in [7, 11) is -2.68.